The predicted octanol–water partition coefficient (Wildman–Crippen LogP) is 4.17. The first-order chi connectivity index (χ1) is 17.3. The lowest BCUT2D eigenvalue weighted by molar-refractivity contribution is -0.152. The highest BCUT2D eigenvalue weighted by atomic mass is 32.2. The van der Waals surface area contributed by atoms with Gasteiger partial charge in [0.25, 0.3) is 10.1 Å². The lowest BCUT2D eigenvalue weighted by Gasteiger charge is -2.26. The van der Waals surface area contributed by atoms with Gasteiger partial charge in [-0.3, -0.25) is 0 Å². The Balaban J connectivity index is 1.87. The first-order valence-corrected chi connectivity index (χ1v) is 12.9. The van der Waals surface area contributed by atoms with E-state index in [9.17, 15) is 18.0 Å². The van der Waals surface area contributed by atoms with Crippen molar-refractivity contribution in [1.82, 2.24) is 5.32 Å². The number of hydrogen-bond acceptors (Lipinski definition) is 7. The zero-order valence-corrected chi connectivity index (χ0v) is 20.9. The van der Waals surface area contributed by atoms with Crippen LogP contribution in [0.2, 0.25) is 0 Å². The first kappa shape index (κ1) is 26.9. The number of ether oxygens (including phenoxy) is 2. The van der Waals surface area contributed by atoms with E-state index in [0.29, 0.717) is 0 Å². The van der Waals surface area contributed by atoms with Crippen LogP contribution in [-0.2, 0) is 41.6 Å². The Bertz CT molecular complexity index is 1230. The van der Waals surface area contributed by atoms with Gasteiger partial charge in [0.1, 0.15) is 6.61 Å². The van der Waals surface area contributed by atoms with E-state index < -0.39 is 34.3 Å². The highest BCUT2D eigenvalue weighted by Gasteiger charge is 2.37. The fraction of sp³-hybridized carbons (Fsp3) is 0.259. The minimum Gasteiger partial charge on any atom is -0.464 e. The van der Waals surface area contributed by atoms with Gasteiger partial charge >= 0.3 is 12.1 Å². The second-order valence-corrected chi connectivity index (χ2v) is 9.61. The molecule has 0 unspecified atom stereocenters. The van der Waals surface area contributed by atoms with Crippen LogP contribution >= 0.6 is 0 Å². The zero-order chi connectivity index (χ0) is 26.0. The molecule has 0 radical (unpaired) electrons. The van der Waals surface area contributed by atoms with Crippen LogP contribution in [0.15, 0.2) is 89.8 Å². The molecule has 0 aliphatic rings. The molecule has 0 aliphatic heterocycles. The van der Waals surface area contributed by atoms with Gasteiger partial charge in [0.15, 0.2) is 6.10 Å². The number of carbonyl (C=O) groups is 2. The number of amides is 1. The lowest BCUT2D eigenvalue weighted by atomic mass is 10.0. The van der Waals surface area contributed by atoms with Gasteiger partial charge in [-0.25, -0.2) is 13.8 Å². The molecule has 0 fully saturated rings. The van der Waals surface area contributed by atoms with E-state index >= 15 is 0 Å². The van der Waals surface area contributed by atoms with Crippen molar-refractivity contribution in [3.63, 3.8) is 0 Å². The topological polar surface area (TPSA) is 108 Å². The van der Waals surface area contributed by atoms with E-state index in [2.05, 4.69) is 5.32 Å². The minimum atomic E-state index is -4.36. The molecule has 0 heterocycles. The monoisotopic (exact) mass is 511 g/mol. The molecule has 9 heteroatoms. The van der Waals surface area contributed by atoms with Gasteiger partial charge in [-0.1, -0.05) is 78.4 Å². The largest absolute Gasteiger partial charge is 0.464 e. The quantitative estimate of drug-likeness (QED) is 0.304. The number of carbonyl (C=O) groups excluding carboxylic acids is 2. The van der Waals surface area contributed by atoms with Crippen molar-refractivity contribution < 1.29 is 31.7 Å². The van der Waals surface area contributed by atoms with E-state index in [1.54, 1.807) is 55.5 Å². The molecule has 190 valence electrons. The number of rotatable bonds is 11. The van der Waals surface area contributed by atoms with Crippen LogP contribution in [0.4, 0.5) is 4.79 Å². The number of nitrogens with one attached hydrogen (secondary N) is 1. The van der Waals surface area contributed by atoms with E-state index in [1.165, 1.54) is 12.1 Å². The minimum absolute atomic E-state index is 0.000215. The molecule has 0 saturated carbocycles. The Morgan fingerprint density at radius 1 is 0.833 bits per heavy atom. The van der Waals surface area contributed by atoms with Gasteiger partial charge in [-0.15, -0.1) is 0 Å². The van der Waals surface area contributed by atoms with Crippen LogP contribution in [-0.4, -0.2) is 39.2 Å². The number of hydrogen-bond donors (Lipinski definition) is 1. The SMILES string of the molecule is CCOC(=O)[C@H](OS(=O)(=O)c1ccc(C)cc1)[C@H](Cc1ccccc1)NC(=O)OCc1ccccc1. The zero-order valence-electron chi connectivity index (χ0n) is 20.1. The molecule has 2 atom stereocenters. The molecule has 8 nitrogen and oxygen atoms in total. The molecule has 0 spiro atoms. The predicted molar refractivity (Wildman–Crippen MR) is 134 cm³/mol. The van der Waals surface area contributed by atoms with Gasteiger partial charge in [-0.2, -0.15) is 8.42 Å². The van der Waals surface area contributed by atoms with E-state index in [0.717, 1.165) is 16.7 Å². The van der Waals surface area contributed by atoms with Crippen molar-refractivity contribution in [1.29, 1.82) is 0 Å². The summed E-state index contributed by atoms with van der Waals surface area (Å²) in [6.07, 6.45) is -2.39. The number of esters is 1. The van der Waals surface area contributed by atoms with Crippen molar-refractivity contribution >= 4 is 22.2 Å². The molecular formula is C27H29NO7S. The lowest BCUT2D eigenvalue weighted by Crippen LogP contribution is -2.51. The fourth-order valence-corrected chi connectivity index (χ4v) is 4.48. The maximum Gasteiger partial charge on any atom is 0.407 e. The third-order valence-corrected chi connectivity index (χ3v) is 6.55. The van der Waals surface area contributed by atoms with E-state index in [1.807, 2.05) is 31.2 Å². The second-order valence-electron chi connectivity index (χ2n) is 8.04. The summed E-state index contributed by atoms with van der Waals surface area (Å²) >= 11 is 0. The maximum absolute atomic E-state index is 13.0. The Kier molecular flexibility index (Phi) is 9.61. The first-order valence-electron chi connectivity index (χ1n) is 11.5. The smallest absolute Gasteiger partial charge is 0.407 e. The number of alkyl carbamates (subject to hydrolysis) is 1. The average molecular weight is 512 g/mol. The van der Waals surface area contributed by atoms with Crippen molar-refractivity contribution in [2.75, 3.05) is 6.61 Å². The van der Waals surface area contributed by atoms with Crippen LogP contribution < -0.4 is 5.32 Å². The van der Waals surface area contributed by atoms with Crippen molar-refractivity contribution in [3.05, 3.63) is 102 Å². The average Bonchev–Trinajstić information content (AvgIpc) is 2.87. The second kappa shape index (κ2) is 12.9. The molecule has 0 saturated heterocycles. The summed E-state index contributed by atoms with van der Waals surface area (Å²) in [7, 11) is -4.36. The number of benzene rings is 3. The molecule has 3 aromatic carbocycles. The van der Waals surface area contributed by atoms with Crippen LogP contribution in [0.3, 0.4) is 0 Å². The van der Waals surface area contributed by atoms with Crippen LogP contribution in [0, 0.1) is 6.92 Å². The molecular weight excluding hydrogens is 482 g/mol. The summed E-state index contributed by atoms with van der Waals surface area (Å²) in [4.78, 5) is 25.5. The Morgan fingerprint density at radius 2 is 1.42 bits per heavy atom. The highest BCUT2D eigenvalue weighted by molar-refractivity contribution is 7.86. The van der Waals surface area contributed by atoms with Crippen molar-refractivity contribution in [2.45, 2.75) is 43.9 Å². The summed E-state index contributed by atoms with van der Waals surface area (Å²) in [6, 6.07) is 23.0. The Morgan fingerprint density at radius 3 is 2.00 bits per heavy atom. The molecule has 3 rings (SSSR count). The van der Waals surface area contributed by atoms with Gasteiger partial charge in [0, 0.05) is 0 Å². The highest BCUT2D eigenvalue weighted by Crippen LogP contribution is 2.20. The number of aryl methyl sites for hydroxylation is 1. The van der Waals surface area contributed by atoms with Gasteiger partial charge < -0.3 is 14.8 Å². The van der Waals surface area contributed by atoms with Crippen molar-refractivity contribution in [3.8, 4) is 0 Å². The maximum atomic E-state index is 13.0. The summed E-state index contributed by atoms with van der Waals surface area (Å²) in [5.74, 6) is -0.919. The van der Waals surface area contributed by atoms with E-state index in [-0.39, 0.29) is 24.5 Å². The third kappa shape index (κ3) is 7.93. The summed E-state index contributed by atoms with van der Waals surface area (Å²) in [5, 5.41) is 2.61. The molecule has 1 N–H and O–H groups in total. The van der Waals surface area contributed by atoms with Crippen molar-refractivity contribution in [2.24, 2.45) is 0 Å². The molecule has 3 aromatic rings. The molecule has 0 aromatic heterocycles. The fourth-order valence-electron chi connectivity index (χ4n) is 3.41. The molecule has 0 bridgehead atoms. The van der Waals surface area contributed by atoms with Crippen LogP contribution in [0.1, 0.15) is 23.6 Å². The molecule has 1 amide bonds. The van der Waals surface area contributed by atoms with E-state index in [4.69, 9.17) is 13.7 Å². The standard InChI is InChI=1S/C27H29NO7S/c1-3-33-26(29)25(35-36(31,32)23-16-14-20(2)15-17-23)24(18-21-10-6-4-7-11-21)28-27(30)34-19-22-12-8-5-9-13-22/h4-17,24-25H,3,18-19H2,1-2H3,(H,28,30)/t24-,25+/m0/s1. The van der Waals surface area contributed by atoms with Gasteiger partial charge in [-0.05, 0) is 43.5 Å². The van der Waals surface area contributed by atoms with Gasteiger partial charge in [0.2, 0.25) is 0 Å². The Hall–Kier alpha value is -3.69. The molecule has 0 aliphatic carbocycles. The normalized spacial score (nSPS) is 12.8. The van der Waals surface area contributed by atoms with Crippen LogP contribution in [0.25, 0.3) is 0 Å². The van der Waals surface area contributed by atoms with Crippen LogP contribution in [0.5, 0.6) is 0 Å². The summed E-state index contributed by atoms with van der Waals surface area (Å²) in [5.41, 5.74) is 2.38. The summed E-state index contributed by atoms with van der Waals surface area (Å²) in [6.45, 7) is 3.41. The molecule has 36 heavy (non-hydrogen) atoms. The summed E-state index contributed by atoms with van der Waals surface area (Å²) < 4.78 is 41.9. The van der Waals surface area contributed by atoms with Gasteiger partial charge in [0.05, 0.1) is 17.5 Å². The third-order valence-electron chi connectivity index (χ3n) is 5.24. The Labute approximate surface area is 211 Å².